The molecule has 0 saturated carbocycles. The van der Waals surface area contributed by atoms with Crippen LogP contribution in [0, 0.1) is 5.92 Å². The van der Waals surface area contributed by atoms with Crippen molar-refractivity contribution >= 4 is 0 Å². The number of ether oxygens (including phenoxy) is 2. The molecule has 0 aromatic heterocycles. The van der Waals surface area contributed by atoms with E-state index in [-0.39, 0.29) is 0 Å². The van der Waals surface area contributed by atoms with E-state index in [1.165, 1.54) is 69.8 Å². The maximum absolute atomic E-state index is 6.50. The monoisotopic (exact) mass is 386 g/mol. The molecule has 0 amide bonds. The van der Waals surface area contributed by atoms with Gasteiger partial charge in [0, 0.05) is 24.7 Å². The van der Waals surface area contributed by atoms with Gasteiger partial charge in [0.05, 0.1) is 0 Å². The van der Waals surface area contributed by atoms with Gasteiger partial charge in [-0.25, -0.2) is 0 Å². The summed E-state index contributed by atoms with van der Waals surface area (Å²) in [6, 6.07) is 10.7. The topological polar surface area (TPSA) is 18.5 Å². The third kappa shape index (κ3) is 6.46. The highest BCUT2D eigenvalue weighted by atomic mass is 16.7. The van der Waals surface area contributed by atoms with E-state index in [0.29, 0.717) is 19.1 Å². The molecular weight excluding hydrogens is 344 g/mol. The van der Waals surface area contributed by atoms with Gasteiger partial charge in [-0.3, -0.25) is 0 Å². The largest absolute Gasteiger partial charge is 0.346 e. The quantitative estimate of drug-likeness (QED) is 0.185. The smallest absolute Gasteiger partial charge is 0.201 e. The normalized spacial score (nSPS) is 16.0. The molecule has 1 unspecified atom stereocenters. The van der Waals surface area contributed by atoms with Crippen LogP contribution in [-0.2, 0) is 15.3 Å². The zero-order valence-corrected chi connectivity index (χ0v) is 18.6. The Labute approximate surface area is 173 Å². The number of rotatable bonds is 14. The molecule has 1 aliphatic carbocycles. The third-order valence-corrected chi connectivity index (χ3v) is 5.97. The fourth-order valence-corrected chi connectivity index (χ4v) is 4.64. The predicted octanol–water partition coefficient (Wildman–Crippen LogP) is 7.78. The number of benzene rings is 1. The van der Waals surface area contributed by atoms with Crippen molar-refractivity contribution in [2.45, 2.75) is 97.2 Å². The molecule has 0 spiro atoms. The van der Waals surface area contributed by atoms with E-state index in [2.05, 4.69) is 57.2 Å². The predicted molar refractivity (Wildman–Crippen MR) is 119 cm³/mol. The highest BCUT2D eigenvalue weighted by Gasteiger charge is 2.43. The van der Waals surface area contributed by atoms with Gasteiger partial charge >= 0.3 is 0 Å². The molecular formula is C26H42O2. The molecule has 0 fully saturated rings. The van der Waals surface area contributed by atoms with Crippen LogP contribution in [0.4, 0.5) is 0 Å². The number of hydrogen-bond donors (Lipinski definition) is 0. The van der Waals surface area contributed by atoms with Gasteiger partial charge in [-0.2, -0.15) is 0 Å². The lowest BCUT2D eigenvalue weighted by molar-refractivity contribution is -0.269. The van der Waals surface area contributed by atoms with Gasteiger partial charge in [0.15, 0.2) is 0 Å². The van der Waals surface area contributed by atoms with Crippen molar-refractivity contribution in [2.24, 2.45) is 5.92 Å². The van der Waals surface area contributed by atoms with Crippen molar-refractivity contribution in [3.63, 3.8) is 0 Å². The Bertz CT molecular complexity index is 543. The SMILES string of the molecule is CCCCCCCCC(C1=CCCCC1)C(OCC)(OCC)c1ccccc1. The summed E-state index contributed by atoms with van der Waals surface area (Å²) in [4.78, 5) is 0. The summed E-state index contributed by atoms with van der Waals surface area (Å²) in [5.74, 6) is -0.349. The maximum Gasteiger partial charge on any atom is 0.201 e. The van der Waals surface area contributed by atoms with Gasteiger partial charge in [0.2, 0.25) is 5.79 Å². The van der Waals surface area contributed by atoms with Crippen LogP contribution in [0.1, 0.15) is 97.0 Å². The molecule has 2 nitrogen and oxygen atoms in total. The molecule has 158 valence electrons. The standard InChI is InChI=1S/C26H42O2/c1-4-7-8-9-10-17-22-25(23-18-13-11-14-19-23)26(27-5-2,28-6-3)24-20-15-12-16-21-24/h12,15-16,18,20-21,25H,4-11,13-14,17,19,22H2,1-3H3. The first kappa shape index (κ1) is 23.2. The molecule has 0 bridgehead atoms. The lowest BCUT2D eigenvalue weighted by Gasteiger charge is -2.42. The van der Waals surface area contributed by atoms with Crippen molar-refractivity contribution in [1.29, 1.82) is 0 Å². The Kier molecular flexibility index (Phi) is 10.9. The second-order valence-corrected chi connectivity index (χ2v) is 8.03. The summed E-state index contributed by atoms with van der Waals surface area (Å²) >= 11 is 0. The van der Waals surface area contributed by atoms with Gasteiger partial charge in [0.25, 0.3) is 0 Å². The average molecular weight is 387 g/mol. The summed E-state index contributed by atoms with van der Waals surface area (Å²) < 4.78 is 13.0. The first-order valence-electron chi connectivity index (χ1n) is 11.8. The van der Waals surface area contributed by atoms with Crippen LogP contribution in [0.15, 0.2) is 42.0 Å². The van der Waals surface area contributed by atoms with E-state index in [1.54, 1.807) is 5.57 Å². The second kappa shape index (κ2) is 13.2. The first-order valence-corrected chi connectivity index (χ1v) is 11.8. The number of hydrogen-bond acceptors (Lipinski definition) is 2. The summed E-state index contributed by atoms with van der Waals surface area (Å²) in [7, 11) is 0. The summed E-state index contributed by atoms with van der Waals surface area (Å²) in [6.45, 7) is 7.79. The molecule has 28 heavy (non-hydrogen) atoms. The van der Waals surface area contributed by atoms with E-state index in [9.17, 15) is 0 Å². The molecule has 1 aliphatic rings. The van der Waals surface area contributed by atoms with Crippen LogP contribution in [0.5, 0.6) is 0 Å². The van der Waals surface area contributed by atoms with E-state index in [4.69, 9.17) is 9.47 Å². The molecule has 0 aliphatic heterocycles. The fourth-order valence-electron chi connectivity index (χ4n) is 4.64. The van der Waals surface area contributed by atoms with Crippen molar-refractivity contribution in [1.82, 2.24) is 0 Å². The van der Waals surface area contributed by atoms with Crippen LogP contribution in [0.3, 0.4) is 0 Å². The Morgan fingerprint density at radius 3 is 2.14 bits per heavy atom. The zero-order valence-electron chi connectivity index (χ0n) is 18.6. The zero-order chi connectivity index (χ0) is 20.1. The highest BCUT2D eigenvalue weighted by Crippen LogP contribution is 2.44. The molecule has 1 aromatic rings. The highest BCUT2D eigenvalue weighted by molar-refractivity contribution is 5.26. The van der Waals surface area contributed by atoms with E-state index < -0.39 is 5.79 Å². The molecule has 1 aromatic carbocycles. The van der Waals surface area contributed by atoms with Crippen molar-refractivity contribution in [3.8, 4) is 0 Å². The average Bonchev–Trinajstić information content (AvgIpc) is 2.74. The van der Waals surface area contributed by atoms with Crippen LogP contribution >= 0.6 is 0 Å². The van der Waals surface area contributed by atoms with E-state index in [1.807, 2.05) is 0 Å². The van der Waals surface area contributed by atoms with E-state index in [0.717, 1.165) is 6.42 Å². The summed E-state index contributed by atoms with van der Waals surface area (Å²) in [6.07, 6.45) is 16.6. The number of allylic oxidation sites excluding steroid dienone is 1. The molecule has 0 radical (unpaired) electrons. The summed E-state index contributed by atoms with van der Waals surface area (Å²) in [5.41, 5.74) is 2.73. The molecule has 2 rings (SSSR count). The van der Waals surface area contributed by atoms with Crippen molar-refractivity contribution in [2.75, 3.05) is 13.2 Å². The minimum absolute atomic E-state index is 0.307. The van der Waals surface area contributed by atoms with E-state index >= 15 is 0 Å². The molecule has 0 heterocycles. The first-order chi connectivity index (χ1) is 13.8. The van der Waals surface area contributed by atoms with Crippen LogP contribution in [0.2, 0.25) is 0 Å². The molecule has 2 heteroatoms. The van der Waals surface area contributed by atoms with Crippen LogP contribution in [0.25, 0.3) is 0 Å². The fraction of sp³-hybridized carbons (Fsp3) is 0.692. The lowest BCUT2D eigenvalue weighted by atomic mass is 9.77. The maximum atomic E-state index is 6.50. The van der Waals surface area contributed by atoms with Crippen molar-refractivity contribution in [3.05, 3.63) is 47.5 Å². The summed E-state index contributed by atoms with van der Waals surface area (Å²) in [5, 5.41) is 0. The Hall–Kier alpha value is -1.12. The van der Waals surface area contributed by atoms with Crippen LogP contribution < -0.4 is 0 Å². The van der Waals surface area contributed by atoms with Crippen molar-refractivity contribution < 1.29 is 9.47 Å². The van der Waals surface area contributed by atoms with Gasteiger partial charge in [-0.15, -0.1) is 0 Å². The van der Waals surface area contributed by atoms with Gasteiger partial charge < -0.3 is 9.47 Å². The minimum atomic E-state index is -0.655. The Morgan fingerprint density at radius 1 is 0.857 bits per heavy atom. The lowest BCUT2D eigenvalue weighted by Crippen LogP contribution is -2.42. The minimum Gasteiger partial charge on any atom is -0.346 e. The third-order valence-electron chi connectivity index (χ3n) is 5.97. The van der Waals surface area contributed by atoms with Gasteiger partial charge in [-0.1, -0.05) is 87.4 Å². The number of unbranched alkanes of at least 4 members (excludes halogenated alkanes) is 5. The molecule has 1 atom stereocenters. The Balaban J connectivity index is 2.27. The van der Waals surface area contributed by atoms with Gasteiger partial charge in [-0.05, 0) is 46.0 Å². The van der Waals surface area contributed by atoms with Gasteiger partial charge in [0.1, 0.15) is 0 Å². The second-order valence-electron chi connectivity index (χ2n) is 8.03. The van der Waals surface area contributed by atoms with Crippen LogP contribution in [-0.4, -0.2) is 13.2 Å². The Morgan fingerprint density at radius 2 is 1.54 bits per heavy atom. The molecule has 0 N–H and O–H groups in total. The molecule has 0 saturated heterocycles.